The number of aryl methyl sites for hydroxylation is 1. The maximum atomic E-state index is 12.1. The molecule has 18 heavy (non-hydrogen) atoms. The summed E-state index contributed by atoms with van der Waals surface area (Å²) in [6.45, 7) is 1.92. The Hall–Kier alpha value is -2.42. The Bertz CT molecular complexity index is 760. The second kappa shape index (κ2) is 4.11. The Labute approximate surface area is 104 Å². The van der Waals surface area contributed by atoms with Gasteiger partial charge in [0.1, 0.15) is 0 Å². The van der Waals surface area contributed by atoms with Crippen LogP contribution in [0.25, 0.3) is 22.2 Å². The van der Waals surface area contributed by atoms with Gasteiger partial charge in [0.05, 0.1) is 16.6 Å². The topological polar surface area (TPSA) is 45.8 Å². The van der Waals surface area contributed by atoms with Crippen LogP contribution in [0.4, 0.5) is 0 Å². The van der Waals surface area contributed by atoms with Crippen molar-refractivity contribution in [1.29, 1.82) is 0 Å². The van der Waals surface area contributed by atoms with Crippen LogP contribution in [0.3, 0.4) is 0 Å². The van der Waals surface area contributed by atoms with Crippen LogP contribution in [0, 0.1) is 6.92 Å². The van der Waals surface area contributed by atoms with E-state index in [-0.39, 0.29) is 5.56 Å². The molecule has 3 heteroatoms. The van der Waals surface area contributed by atoms with Gasteiger partial charge in [-0.3, -0.25) is 9.78 Å². The first-order valence-corrected chi connectivity index (χ1v) is 5.80. The van der Waals surface area contributed by atoms with Gasteiger partial charge in [0.2, 0.25) is 0 Å². The molecule has 0 fully saturated rings. The number of fused-ring (bicyclic) bond motifs is 1. The van der Waals surface area contributed by atoms with Gasteiger partial charge in [0.25, 0.3) is 5.56 Å². The lowest BCUT2D eigenvalue weighted by molar-refractivity contribution is 1.24. The molecule has 0 aliphatic rings. The van der Waals surface area contributed by atoms with Crippen LogP contribution < -0.4 is 5.56 Å². The SMILES string of the molecule is Cc1ccnc2cc(-c3ccccc3)[nH]c(=O)c12. The Balaban J connectivity index is 2.33. The smallest absolute Gasteiger partial charge is 0.258 e. The second-order valence-corrected chi connectivity index (χ2v) is 4.27. The number of benzene rings is 1. The number of H-pyrrole nitrogens is 1. The lowest BCUT2D eigenvalue weighted by atomic mass is 10.1. The number of nitrogens with one attached hydrogen (secondary N) is 1. The summed E-state index contributed by atoms with van der Waals surface area (Å²) < 4.78 is 0. The number of nitrogens with zero attached hydrogens (tertiary/aromatic N) is 1. The molecule has 3 aromatic rings. The van der Waals surface area contributed by atoms with E-state index in [0.29, 0.717) is 5.39 Å². The Morgan fingerprint density at radius 3 is 2.67 bits per heavy atom. The molecule has 2 aromatic heterocycles. The molecule has 0 spiro atoms. The molecule has 0 aliphatic carbocycles. The highest BCUT2D eigenvalue weighted by atomic mass is 16.1. The van der Waals surface area contributed by atoms with Crippen molar-refractivity contribution in [3.8, 4) is 11.3 Å². The molecule has 0 saturated carbocycles. The van der Waals surface area contributed by atoms with Crippen LogP contribution in [-0.2, 0) is 0 Å². The van der Waals surface area contributed by atoms with Crippen molar-refractivity contribution < 1.29 is 0 Å². The zero-order chi connectivity index (χ0) is 12.5. The first-order chi connectivity index (χ1) is 8.75. The molecule has 1 N–H and O–H groups in total. The van der Waals surface area contributed by atoms with Crippen LogP contribution in [-0.4, -0.2) is 9.97 Å². The molecule has 0 saturated heterocycles. The minimum atomic E-state index is -0.0862. The van der Waals surface area contributed by atoms with E-state index in [1.165, 1.54) is 0 Å². The largest absolute Gasteiger partial charge is 0.321 e. The third-order valence-corrected chi connectivity index (χ3v) is 3.03. The van der Waals surface area contributed by atoms with Gasteiger partial charge in [0.15, 0.2) is 0 Å². The first kappa shape index (κ1) is 10.7. The molecular formula is C15H12N2O. The van der Waals surface area contributed by atoms with E-state index in [2.05, 4.69) is 9.97 Å². The van der Waals surface area contributed by atoms with Crippen LogP contribution in [0.5, 0.6) is 0 Å². The average Bonchev–Trinajstić information content (AvgIpc) is 2.39. The summed E-state index contributed by atoms with van der Waals surface area (Å²) in [7, 11) is 0. The van der Waals surface area contributed by atoms with Crippen LogP contribution in [0.2, 0.25) is 0 Å². The Morgan fingerprint density at radius 2 is 1.89 bits per heavy atom. The van der Waals surface area contributed by atoms with Gasteiger partial charge < -0.3 is 4.98 Å². The third kappa shape index (κ3) is 1.70. The van der Waals surface area contributed by atoms with E-state index >= 15 is 0 Å². The van der Waals surface area contributed by atoms with Gasteiger partial charge in [-0.05, 0) is 30.2 Å². The van der Waals surface area contributed by atoms with E-state index < -0.39 is 0 Å². The Morgan fingerprint density at radius 1 is 1.11 bits per heavy atom. The van der Waals surface area contributed by atoms with Crippen molar-refractivity contribution in [2.45, 2.75) is 6.92 Å². The number of aromatic nitrogens is 2. The second-order valence-electron chi connectivity index (χ2n) is 4.27. The third-order valence-electron chi connectivity index (χ3n) is 3.03. The van der Waals surface area contributed by atoms with Crippen molar-refractivity contribution in [1.82, 2.24) is 9.97 Å². The monoisotopic (exact) mass is 236 g/mol. The molecule has 2 heterocycles. The quantitative estimate of drug-likeness (QED) is 0.706. The van der Waals surface area contributed by atoms with E-state index in [0.717, 1.165) is 22.3 Å². The summed E-state index contributed by atoms with van der Waals surface area (Å²) in [6, 6.07) is 13.5. The normalized spacial score (nSPS) is 10.7. The fraction of sp³-hybridized carbons (Fsp3) is 0.0667. The maximum Gasteiger partial charge on any atom is 0.258 e. The highest BCUT2D eigenvalue weighted by Gasteiger charge is 2.06. The molecule has 1 aromatic carbocycles. The van der Waals surface area contributed by atoms with E-state index in [1.807, 2.05) is 49.4 Å². The van der Waals surface area contributed by atoms with Crippen molar-refractivity contribution in [3.05, 3.63) is 64.6 Å². The standard InChI is InChI=1S/C15H12N2O/c1-10-7-8-16-13-9-12(17-15(18)14(10)13)11-5-3-2-4-6-11/h2-9H,1H3,(H,17,18). The van der Waals surface area contributed by atoms with Gasteiger partial charge in [-0.15, -0.1) is 0 Å². The van der Waals surface area contributed by atoms with Crippen molar-refractivity contribution in [2.24, 2.45) is 0 Å². The minimum absolute atomic E-state index is 0.0862. The number of hydrogen-bond donors (Lipinski definition) is 1. The van der Waals surface area contributed by atoms with E-state index in [1.54, 1.807) is 6.20 Å². The van der Waals surface area contributed by atoms with Crippen LogP contribution in [0.1, 0.15) is 5.56 Å². The minimum Gasteiger partial charge on any atom is -0.321 e. The summed E-state index contributed by atoms with van der Waals surface area (Å²) in [6.07, 6.45) is 1.73. The summed E-state index contributed by atoms with van der Waals surface area (Å²) in [5.41, 5.74) is 3.38. The fourth-order valence-electron chi connectivity index (χ4n) is 2.11. The van der Waals surface area contributed by atoms with Gasteiger partial charge >= 0.3 is 0 Å². The fourth-order valence-corrected chi connectivity index (χ4v) is 2.11. The zero-order valence-corrected chi connectivity index (χ0v) is 9.97. The summed E-state index contributed by atoms with van der Waals surface area (Å²) in [5.74, 6) is 0. The van der Waals surface area contributed by atoms with Gasteiger partial charge in [0, 0.05) is 6.20 Å². The maximum absolute atomic E-state index is 12.1. The molecule has 0 aliphatic heterocycles. The molecular weight excluding hydrogens is 224 g/mol. The van der Waals surface area contributed by atoms with Gasteiger partial charge in [-0.25, -0.2) is 0 Å². The van der Waals surface area contributed by atoms with E-state index in [4.69, 9.17) is 0 Å². The molecule has 0 amide bonds. The molecule has 0 radical (unpaired) electrons. The number of hydrogen-bond acceptors (Lipinski definition) is 2. The first-order valence-electron chi connectivity index (χ1n) is 5.80. The average molecular weight is 236 g/mol. The molecule has 88 valence electrons. The van der Waals surface area contributed by atoms with Gasteiger partial charge in [-0.1, -0.05) is 30.3 Å². The number of rotatable bonds is 1. The molecule has 3 nitrogen and oxygen atoms in total. The number of pyridine rings is 2. The lowest BCUT2D eigenvalue weighted by Crippen LogP contribution is -2.09. The Kier molecular flexibility index (Phi) is 2.45. The van der Waals surface area contributed by atoms with Crippen LogP contribution >= 0.6 is 0 Å². The summed E-state index contributed by atoms with van der Waals surface area (Å²) in [5, 5.41) is 0.664. The summed E-state index contributed by atoms with van der Waals surface area (Å²) in [4.78, 5) is 19.3. The molecule has 3 rings (SSSR count). The van der Waals surface area contributed by atoms with Crippen molar-refractivity contribution in [2.75, 3.05) is 0 Å². The zero-order valence-electron chi connectivity index (χ0n) is 9.97. The lowest BCUT2D eigenvalue weighted by Gasteiger charge is -2.04. The predicted octanol–water partition coefficient (Wildman–Crippen LogP) is 2.90. The molecule has 0 atom stereocenters. The number of aromatic amines is 1. The van der Waals surface area contributed by atoms with Crippen molar-refractivity contribution >= 4 is 10.9 Å². The molecule has 0 bridgehead atoms. The van der Waals surface area contributed by atoms with Crippen LogP contribution in [0.15, 0.2) is 53.5 Å². The summed E-state index contributed by atoms with van der Waals surface area (Å²) >= 11 is 0. The predicted molar refractivity (Wildman–Crippen MR) is 72.5 cm³/mol. The van der Waals surface area contributed by atoms with Crippen molar-refractivity contribution in [3.63, 3.8) is 0 Å². The molecule has 0 unspecified atom stereocenters. The highest BCUT2D eigenvalue weighted by Crippen LogP contribution is 2.19. The highest BCUT2D eigenvalue weighted by molar-refractivity contribution is 5.84. The van der Waals surface area contributed by atoms with Gasteiger partial charge in [-0.2, -0.15) is 0 Å². The van der Waals surface area contributed by atoms with E-state index in [9.17, 15) is 4.79 Å².